The van der Waals surface area contributed by atoms with Crippen molar-refractivity contribution in [3.63, 3.8) is 0 Å². The SMILES string of the molecule is COc1cc2c(c(O)c1OC)C(=O)c1c(O)c(C)cc(OC)c1C2=O. The molecule has 0 bridgehead atoms. The van der Waals surface area contributed by atoms with Crippen molar-refractivity contribution in [2.75, 3.05) is 21.3 Å². The van der Waals surface area contributed by atoms with Crippen molar-refractivity contribution >= 4 is 11.6 Å². The monoisotopic (exact) mass is 344 g/mol. The number of phenolic OH excluding ortho intramolecular Hbond substituents is 2. The van der Waals surface area contributed by atoms with E-state index in [9.17, 15) is 19.8 Å². The second-order valence-corrected chi connectivity index (χ2v) is 5.54. The molecule has 2 N–H and O–H groups in total. The summed E-state index contributed by atoms with van der Waals surface area (Å²) in [5, 5.41) is 20.8. The van der Waals surface area contributed by atoms with Crippen LogP contribution < -0.4 is 14.2 Å². The fraction of sp³-hybridized carbons (Fsp3) is 0.222. The van der Waals surface area contributed by atoms with Crippen molar-refractivity contribution in [2.45, 2.75) is 6.92 Å². The van der Waals surface area contributed by atoms with E-state index in [2.05, 4.69) is 0 Å². The first-order valence-corrected chi connectivity index (χ1v) is 7.35. The molecular weight excluding hydrogens is 328 g/mol. The minimum atomic E-state index is -0.692. The fourth-order valence-corrected chi connectivity index (χ4v) is 3.03. The predicted octanol–water partition coefficient (Wildman–Crippen LogP) is 2.21. The molecule has 0 atom stereocenters. The van der Waals surface area contributed by atoms with Gasteiger partial charge in [-0.05, 0) is 24.6 Å². The highest BCUT2D eigenvalue weighted by molar-refractivity contribution is 6.31. The lowest BCUT2D eigenvalue weighted by atomic mass is 9.81. The first kappa shape index (κ1) is 16.6. The lowest BCUT2D eigenvalue weighted by molar-refractivity contribution is 0.0970. The van der Waals surface area contributed by atoms with E-state index >= 15 is 0 Å². The van der Waals surface area contributed by atoms with Crippen LogP contribution in [0.1, 0.15) is 37.4 Å². The van der Waals surface area contributed by atoms with Crippen LogP contribution in [0.2, 0.25) is 0 Å². The van der Waals surface area contributed by atoms with Crippen molar-refractivity contribution in [1.82, 2.24) is 0 Å². The average Bonchev–Trinajstić information content (AvgIpc) is 2.60. The maximum Gasteiger partial charge on any atom is 0.203 e. The zero-order valence-electron chi connectivity index (χ0n) is 14.1. The van der Waals surface area contributed by atoms with E-state index in [0.29, 0.717) is 5.56 Å². The van der Waals surface area contributed by atoms with Gasteiger partial charge in [0.15, 0.2) is 17.3 Å². The van der Waals surface area contributed by atoms with E-state index < -0.39 is 17.3 Å². The van der Waals surface area contributed by atoms with E-state index in [-0.39, 0.29) is 45.3 Å². The minimum absolute atomic E-state index is 0.0466. The smallest absolute Gasteiger partial charge is 0.203 e. The average molecular weight is 344 g/mol. The Labute approximate surface area is 143 Å². The Morgan fingerprint density at radius 1 is 0.760 bits per heavy atom. The van der Waals surface area contributed by atoms with Gasteiger partial charge < -0.3 is 24.4 Å². The van der Waals surface area contributed by atoms with Crippen molar-refractivity contribution < 1.29 is 34.0 Å². The predicted molar refractivity (Wildman–Crippen MR) is 87.5 cm³/mol. The lowest BCUT2D eigenvalue weighted by Gasteiger charge is -2.23. The second kappa shape index (κ2) is 5.70. The second-order valence-electron chi connectivity index (χ2n) is 5.54. The molecule has 3 rings (SSSR count). The highest BCUT2D eigenvalue weighted by Crippen LogP contribution is 2.48. The number of ether oxygens (including phenoxy) is 3. The Morgan fingerprint density at radius 3 is 1.96 bits per heavy atom. The molecule has 0 unspecified atom stereocenters. The molecule has 0 aliphatic heterocycles. The Kier molecular flexibility index (Phi) is 3.79. The molecular formula is C18H16O7. The number of fused-ring (bicyclic) bond motifs is 2. The van der Waals surface area contributed by atoms with Gasteiger partial charge in [-0.15, -0.1) is 0 Å². The molecule has 7 heteroatoms. The van der Waals surface area contributed by atoms with Gasteiger partial charge in [0.25, 0.3) is 0 Å². The van der Waals surface area contributed by atoms with Crippen LogP contribution in [-0.4, -0.2) is 43.1 Å². The molecule has 2 aromatic carbocycles. The van der Waals surface area contributed by atoms with Crippen LogP contribution in [0.3, 0.4) is 0 Å². The van der Waals surface area contributed by atoms with Crippen LogP contribution in [0.15, 0.2) is 12.1 Å². The molecule has 0 heterocycles. The number of aromatic hydroxyl groups is 2. The zero-order valence-corrected chi connectivity index (χ0v) is 14.1. The maximum absolute atomic E-state index is 13.0. The summed E-state index contributed by atoms with van der Waals surface area (Å²) < 4.78 is 15.4. The number of carbonyl (C=O) groups excluding carboxylic acids is 2. The summed E-state index contributed by atoms with van der Waals surface area (Å²) in [4.78, 5) is 25.9. The van der Waals surface area contributed by atoms with Gasteiger partial charge in [-0.3, -0.25) is 9.59 Å². The Hall–Kier alpha value is -3.22. The molecule has 0 fully saturated rings. The van der Waals surface area contributed by atoms with Crippen LogP contribution in [0.4, 0.5) is 0 Å². The van der Waals surface area contributed by atoms with Gasteiger partial charge in [0.1, 0.15) is 11.5 Å². The van der Waals surface area contributed by atoms with E-state index in [0.717, 1.165) is 0 Å². The number of hydrogen-bond donors (Lipinski definition) is 2. The number of benzene rings is 2. The Balaban J connectivity index is 2.42. The molecule has 0 spiro atoms. The third kappa shape index (κ3) is 2.12. The Morgan fingerprint density at radius 2 is 1.40 bits per heavy atom. The van der Waals surface area contributed by atoms with Gasteiger partial charge in [0.05, 0.1) is 38.0 Å². The van der Waals surface area contributed by atoms with Crippen LogP contribution in [0.5, 0.6) is 28.7 Å². The van der Waals surface area contributed by atoms with Gasteiger partial charge in [-0.2, -0.15) is 0 Å². The zero-order chi connectivity index (χ0) is 18.5. The minimum Gasteiger partial charge on any atom is -0.507 e. The van der Waals surface area contributed by atoms with Crippen LogP contribution in [0, 0.1) is 6.92 Å². The topological polar surface area (TPSA) is 102 Å². The van der Waals surface area contributed by atoms with E-state index in [4.69, 9.17) is 14.2 Å². The number of aryl methyl sites for hydroxylation is 1. The summed E-state index contributed by atoms with van der Waals surface area (Å²) in [6.07, 6.45) is 0. The first-order chi connectivity index (χ1) is 11.9. The van der Waals surface area contributed by atoms with Crippen LogP contribution in [0.25, 0.3) is 0 Å². The maximum atomic E-state index is 13.0. The van der Waals surface area contributed by atoms with E-state index in [1.54, 1.807) is 6.92 Å². The highest BCUT2D eigenvalue weighted by Gasteiger charge is 2.39. The van der Waals surface area contributed by atoms with E-state index in [1.165, 1.54) is 33.5 Å². The molecule has 0 radical (unpaired) electrons. The number of methoxy groups -OCH3 is 3. The van der Waals surface area contributed by atoms with Crippen molar-refractivity contribution in [1.29, 1.82) is 0 Å². The van der Waals surface area contributed by atoms with E-state index in [1.807, 2.05) is 0 Å². The molecule has 1 aliphatic carbocycles. The molecule has 0 saturated carbocycles. The highest BCUT2D eigenvalue weighted by atomic mass is 16.5. The normalized spacial score (nSPS) is 12.5. The summed E-state index contributed by atoms with van der Waals surface area (Å²) in [5.41, 5.74) is -0.154. The van der Waals surface area contributed by atoms with Crippen LogP contribution >= 0.6 is 0 Å². The largest absolute Gasteiger partial charge is 0.507 e. The van der Waals surface area contributed by atoms with Gasteiger partial charge >= 0.3 is 0 Å². The molecule has 1 aliphatic rings. The molecule has 0 saturated heterocycles. The number of carbonyl (C=O) groups is 2. The lowest BCUT2D eigenvalue weighted by Crippen LogP contribution is -2.23. The van der Waals surface area contributed by atoms with Gasteiger partial charge in [0.2, 0.25) is 11.5 Å². The van der Waals surface area contributed by atoms with Crippen LogP contribution in [-0.2, 0) is 0 Å². The molecule has 0 amide bonds. The molecule has 130 valence electrons. The molecule has 7 nitrogen and oxygen atoms in total. The molecule has 0 aromatic heterocycles. The summed E-state index contributed by atoms with van der Waals surface area (Å²) in [7, 11) is 4.02. The molecule has 2 aromatic rings. The standard InChI is InChI=1S/C18H16O7/c1-7-5-9(23-2)12-13(14(7)19)16(21)11-8(15(12)20)6-10(24-3)18(25-4)17(11)22/h5-6,19,22H,1-4H3. The summed E-state index contributed by atoms with van der Waals surface area (Å²) in [5.74, 6) is -1.88. The summed E-state index contributed by atoms with van der Waals surface area (Å²) in [6, 6.07) is 2.80. The van der Waals surface area contributed by atoms with Crippen molar-refractivity contribution in [3.8, 4) is 28.7 Å². The van der Waals surface area contributed by atoms with Crippen molar-refractivity contribution in [3.05, 3.63) is 39.9 Å². The summed E-state index contributed by atoms with van der Waals surface area (Å²) >= 11 is 0. The quantitative estimate of drug-likeness (QED) is 0.751. The third-order valence-electron chi connectivity index (χ3n) is 4.24. The third-order valence-corrected chi connectivity index (χ3v) is 4.24. The van der Waals surface area contributed by atoms with Gasteiger partial charge in [-0.1, -0.05) is 0 Å². The Bertz CT molecular complexity index is 928. The number of ketones is 2. The van der Waals surface area contributed by atoms with Crippen molar-refractivity contribution in [2.24, 2.45) is 0 Å². The number of phenols is 2. The fourth-order valence-electron chi connectivity index (χ4n) is 3.03. The number of rotatable bonds is 3. The number of hydrogen-bond acceptors (Lipinski definition) is 7. The van der Waals surface area contributed by atoms with Gasteiger partial charge in [-0.25, -0.2) is 0 Å². The summed E-state index contributed by atoms with van der Waals surface area (Å²) in [6.45, 7) is 1.58. The van der Waals surface area contributed by atoms with Gasteiger partial charge in [0, 0.05) is 5.56 Å². The molecule has 25 heavy (non-hydrogen) atoms. The first-order valence-electron chi connectivity index (χ1n) is 7.35.